The fourth-order valence-electron chi connectivity index (χ4n) is 2.20. The van der Waals surface area contributed by atoms with Crippen molar-refractivity contribution >= 4 is 0 Å². The van der Waals surface area contributed by atoms with Crippen molar-refractivity contribution in [3.05, 3.63) is 11.4 Å². The van der Waals surface area contributed by atoms with Gasteiger partial charge in [-0.15, -0.1) is 0 Å². The molecule has 0 bridgehead atoms. The molecule has 0 nitrogen and oxygen atoms in total. The van der Waals surface area contributed by atoms with E-state index >= 15 is 0 Å². The van der Waals surface area contributed by atoms with Crippen LogP contribution in [0.25, 0.3) is 0 Å². The number of alkyl halides is 15. The molecule has 0 spiro atoms. The maximum atomic E-state index is 13.9. The van der Waals surface area contributed by atoms with E-state index in [0.29, 0.717) is 0 Å². The van der Waals surface area contributed by atoms with Crippen molar-refractivity contribution in [1.29, 1.82) is 0 Å². The summed E-state index contributed by atoms with van der Waals surface area (Å²) in [6, 6.07) is 0. The van der Waals surface area contributed by atoms with Gasteiger partial charge in [-0.2, -0.15) is 39.5 Å². The van der Waals surface area contributed by atoms with Crippen molar-refractivity contribution < 1.29 is 70.2 Å². The van der Waals surface area contributed by atoms with Gasteiger partial charge in [-0.25, -0.2) is 30.7 Å². The summed E-state index contributed by atoms with van der Waals surface area (Å²) in [4.78, 5) is 0. The summed E-state index contributed by atoms with van der Waals surface area (Å²) < 4.78 is 207. The number of allylic oxidation sites excluding steroid dienone is 2. The molecular formula is C11H4F16. The number of hydrogen-bond acceptors (Lipinski definition) is 0. The van der Waals surface area contributed by atoms with E-state index in [2.05, 4.69) is 0 Å². The number of rotatable bonds is 6. The molecule has 1 aliphatic carbocycles. The zero-order chi connectivity index (χ0) is 22.0. The van der Waals surface area contributed by atoms with Crippen LogP contribution in [-0.2, 0) is 0 Å². The van der Waals surface area contributed by atoms with Crippen LogP contribution < -0.4 is 0 Å². The van der Waals surface area contributed by atoms with Crippen LogP contribution in [0.2, 0.25) is 0 Å². The molecule has 16 heteroatoms. The summed E-state index contributed by atoms with van der Waals surface area (Å²) in [5.41, 5.74) is -16.9. The lowest BCUT2D eigenvalue weighted by atomic mass is 9.68. The topological polar surface area (TPSA) is 0 Å². The van der Waals surface area contributed by atoms with Gasteiger partial charge in [-0.3, -0.25) is 0 Å². The molecule has 0 N–H and O–H groups in total. The second-order valence-corrected chi connectivity index (χ2v) is 5.31. The van der Waals surface area contributed by atoms with E-state index in [-0.39, 0.29) is 0 Å². The summed E-state index contributed by atoms with van der Waals surface area (Å²) in [7, 11) is 0. The van der Waals surface area contributed by atoms with E-state index in [0.717, 1.165) is 0 Å². The predicted octanol–water partition coefficient (Wildman–Crippen LogP) is 5.68. The van der Waals surface area contributed by atoms with E-state index < -0.39 is 66.0 Å². The quantitative estimate of drug-likeness (QED) is 0.467. The predicted molar refractivity (Wildman–Crippen MR) is 53.6 cm³/mol. The molecule has 3 atom stereocenters. The molecule has 0 saturated heterocycles. The highest BCUT2D eigenvalue weighted by Gasteiger charge is 2.88. The Morgan fingerprint density at radius 1 is 0.815 bits per heavy atom. The highest BCUT2D eigenvalue weighted by atomic mass is 19.4. The molecule has 27 heavy (non-hydrogen) atoms. The summed E-state index contributed by atoms with van der Waals surface area (Å²) in [6.45, 7) is -3.39. The Labute approximate surface area is 137 Å². The van der Waals surface area contributed by atoms with Crippen LogP contribution in [0.5, 0.6) is 0 Å². The van der Waals surface area contributed by atoms with Gasteiger partial charge >= 0.3 is 29.6 Å². The lowest BCUT2D eigenvalue weighted by molar-refractivity contribution is -0.340. The third-order valence-electron chi connectivity index (χ3n) is 3.74. The van der Waals surface area contributed by atoms with Gasteiger partial charge in [0.05, 0.1) is 5.57 Å². The Morgan fingerprint density at radius 2 is 1.22 bits per heavy atom. The summed E-state index contributed by atoms with van der Waals surface area (Å²) >= 11 is 0. The second kappa shape index (κ2) is 6.06. The molecule has 0 radical (unpaired) electrons. The average molecular weight is 440 g/mol. The minimum atomic E-state index is -7.45. The lowest BCUT2D eigenvalue weighted by Gasteiger charge is -2.48. The first-order chi connectivity index (χ1) is 11.7. The first-order valence-corrected chi connectivity index (χ1v) is 6.16. The molecule has 0 aromatic heterocycles. The van der Waals surface area contributed by atoms with Gasteiger partial charge in [0.15, 0.2) is 5.83 Å². The van der Waals surface area contributed by atoms with Gasteiger partial charge < -0.3 is 0 Å². The van der Waals surface area contributed by atoms with Crippen LogP contribution in [-0.4, -0.2) is 54.6 Å². The average Bonchev–Trinajstić information content (AvgIpc) is 2.50. The molecule has 0 aliphatic heterocycles. The molecule has 0 heterocycles. The third-order valence-corrected chi connectivity index (χ3v) is 3.74. The number of halogens is 16. The van der Waals surface area contributed by atoms with Crippen molar-refractivity contribution in [3.8, 4) is 0 Å². The van der Waals surface area contributed by atoms with Crippen LogP contribution in [0.15, 0.2) is 11.4 Å². The molecule has 1 aliphatic rings. The van der Waals surface area contributed by atoms with E-state index in [1.54, 1.807) is 0 Å². The largest absolute Gasteiger partial charge is 0.425 e. The van der Waals surface area contributed by atoms with Crippen molar-refractivity contribution in [2.24, 2.45) is 0 Å². The Bertz CT molecular complexity index is 616. The fraction of sp³-hybridized carbons (Fsp3) is 0.818. The molecule has 160 valence electrons. The highest BCUT2D eigenvalue weighted by molar-refractivity contribution is 5.49. The minimum absolute atomic E-state index is 3.39. The van der Waals surface area contributed by atoms with Crippen molar-refractivity contribution in [2.45, 2.75) is 47.9 Å². The van der Waals surface area contributed by atoms with E-state index in [1.807, 2.05) is 0 Å². The molecular weight excluding hydrogens is 436 g/mol. The van der Waals surface area contributed by atoms with Gasteiger partial charge in [0.2, 0.25) is 5.67 Å². The van der Waals surface area contributed by atoms with Gasteiger partial charge in [0, 0.05) is 0 Å². The van der Waals surface area contributed by atoms with Crippen LogP contribution >= 0.6 is 0 Å². The zero-order valence-corrected chi connectivity index (χ0v) is 11.9. The van der Waals surface area contributed by atoms with Crippen LogP contribution in [0.4, 0.5) is 70.2 Å². The summed E-state index contributed by atoms with van der Waals surface area (Å²) in [5, 5.41) is 0. The standard InChI is InChI=1S/C11H4F16/c12-1-6(17)2(3(13)9(6,21)22)8(19,20)7(18,5(15)16)10(23,24)4(14)11(25,26)27/h4-5H,1H2. The molecule has 0 amide bonds. The highest BCUT2D eigenvalue weighted by Crippen LogP contribution is 2.65. The first kappa shape index (κ1) is 23.7. The Balaban J connectivity index is 3.76. The summed E-state index contributed by atoms with van der Waals surface area (Å²) in [5.74, 6) is -24.4. The Kier molecular flexibility index (Phi) is 5.31. The smallest absolute Gasteiger partial charge is 0.247 e. The summed E-state index contributed by atoms with van der Waals surface area (Å²) in [6.07, 6.45) is -19.0. The Morgan fingerprint density at radius 3 is 1.52 bits per heavy atom. The Hall–Kier alpha value is -1.38. The molecule has 0 saturated carbocycles. The van der Waals surface area contributed by atoms with Crippen molar-refractivity contribution in [2.75, 3.05) is 6.67 Å². The lowest BCUT2D eigenvalue weighted by Crippen LogP contribution is -2.73. The van der Waals surface area contributed by atoms with Crippen molar-refractivity contribution in [3.63, 3.8) is 0 Å². The van der Waals surface area contributed by atoms with Gasteiger partial charge in [-0.05, 0) is 0 Å². The molecule has 1 rings (SSSR count). The number of hydrogen-bond donors (Lipinski definition) is 0. The maximum absolute atomic E-state index is 13.9. The van der Waals surface area contributed by atoms with E-state index in [1.165, 1.54) is 0 Å². The zero-order valence-electron chi connectivity index (χ0n) is 11.9. The van der Waals surface area contributed by atoms with E-state index in [4.69, 9.17) is 0 Å². The van der Waals surface area contributed by atoms with E-state index in [9.17, 15) is 70.2 Å². The molecule has 0 aromatic rings. The van der Waals surface area contributed by atoms with Gasteiger partial charge in [0.1, 0.15) is 6.67 Å². The van der Waals surface area contributed by atoms with Crippen LogP contribution in [0.1, 0.15) is 0 Å². The minimum Gasteiger partial charge on any atom is -0.247 e. The normalized spacial score (nSPS) is 27.4. The van der Waals surface area contributed by atoms with Crippen molar-refractivity contribution in [1.82, 2.24) is 0 Å². The third kappa shape index (κ3) is 2.68. The molecule has 0 aromatic carbocycles. The second-order valence-electron chi connectivity index (χ2n) is 5.31. The van der Waals surface area contributed by atoms with Gasteiger partial charge in [-0.1, -0.05) is 0 Å². The molecule has 3 unspecified atom stereocenters. The SMILES string of the molecule is FCC1(F)C(C(F)(F)C(F)(C(F)F)C(F)(F)C(F)C(F)(F)F)=C(F)C1(F)F. The van der Waals surface area contributed by atoms with Gasteiger partial charge in [0.25, 0.3) is 12.6 Å². The van der Waals surface area contributed by atoms with Crippen LogP contribution in [0.3, 0.4) is 0 Å². The fourth-order valence-corrected chi connectivity index (χ4v) is 2.20. The van der Waals surface area contributed by atoms with Crippen LogP contribution in [0, 0.1) is 0 Å². The monoisotopic (exact) mass is 440 g/mol. The molecule has 0 fully saturated rings. The maximum Gasteiger partial charge on any atom is 0.425 e. The first-order valence-electron chi connectivity index (χ1n) is 6.16.